The first-order chi connectivity index (χ1) is 32.2. The van der Waals surface area contributed by atoms with Gasteiger partial charge in [0.1, 0.15) is 0 Å². The third-order valence-electron chi connectivity index (χ3n) is 13.9. The van der Waals surface area contributed by atoms with Crippen molar-refractivity contribution < 1.29 is 15.0 Å². The third-order valence-corrected chi connectivity index (χ3v) is 13.9. The van der Waals surface area contributed by atoms with E-state index in [-0.39, 0.29) is 12.5 Å². The summed E-state index contributed by atoms with van der Waals surface area (Å²) in [6.07, 6.45) is 77.7. The summed E-state index contributed by atoms with van der Waals surface area (Å²) in [6, 6.07) is -0.643. The fourth-order valence-electron chi connectivity index (χ4n) is 9.33. The minimum atomic E-state index is -0.868. The molecule has 0 bridgehead atoms. The first-order valence-corrected chi connectivity index (χ1v) is 29.7. The maximum atomic E-state index is 12.4. The van der Waals surface area contributed by atoms with Crippen molar-refractivity contribution in [1.82, 2.24) is 5.32 Å². The smallest absolute Gasteiger partial charge is 0.220 e. The molecule has 2 atom stereocenters. The van der Waals surface area contributed by atoms with E-state index in [2.05, 4.69) is 43.5 Å². The van der Waals surface area contributed by atoms with Crippen LogP contribution in [0.25, 0.3) is 0 Å². The highest BCUT2D eigenvalue weighted by Gasteiger charge is 2.18. The number of carbonyl (C=O) groups is 1. The number of aliphatic hydroxyl groups is 2. The van der Waals surface area contributed by atoms with E-state index in [0.717, 1.165) is 38.5 Å². The number of hydrogen-bond acceptors (Lipinski definition) is 3. The number of amides is 1. The molecule has 65 heavy (non-hydrogen) atoms. The number of nitrogens with one attached hydrogen (secondary N) is 1. The van der Waals surface area contributed by atoms with Crippen molar-refractivity contribution in [2.24, 2.45) is 0 Å². The van der Waals surface area contributed by atoms with Crippen LogP contribution in [-0.2, 0) is 4.79 Å². The van der Waals surface area contributed by atoms with Gasteiger partial charge in [0, 0.05) is 6.42 Å². The van der Waals surface area contributed by atoms with Crippen LogP contribution in [0, 0.1) is 0 Å². The quantitative estimate of drug-likeness (QED) is 0.0421. The van der Waals surface area contributed by atoms with Gasteiger partial charge in [0.05, 0.1) is 18.8 Å². The first-order valence-electron chi connectivity index (χ1n) is 29.7. The monoisotopic (exact) mass is 912 g/mol. The van der Waals surface area contributed by atoms with Crippen molar-refractivity contribution in [2.45, 2.75) is 341 Å². The SMILES string of the molecule is CCCCCCC/C=C/CC/C=C/CC/C=C/C(O)C(CO)NC(=O)CCCCCCCCCCCCCCCCCCCCCCCCCCCCCCCCCCCCCCCC. The van der Waals surface area contributed by atoms with E-state index >= 15 is 0 Å². The molecule has 4 heteroatoms. The van der Waals surface area contributed by atoms with Gasteiger partial charge in [-0.1, -0.05) is 314 Å². The van der Waals surface area contributed by atoms with Crippen LogP contribution in [0.1, 0.15) is 328 Å². The van der Waals surface area contributed by atoms with Gasteiger partial charge in [0.15, 0.2) is 0 Å². The Labute approximate surface area is 408 Å². The lowest BCUT2D eigenvalue weighted by Crippen LogP contribution is -2.45. The zero-order valence-electron chi connectivity index (χ0n) is 44.3. The van der Waals surface area contributed by atoms with Gasteiger partial charge in [-0.3, -0.25) is 4.79 Å². The summed E-state index contributed by atoms with van der Waals surface area (Å²) in [5.41, 5.74) is 0. The predicted molar refractivity (Wildman–Crippen MR) is 290 cm³/mol. The highest BCUT2D eigenvalue weighted by molar-refractivity contribution is 5.76. The van der Waals surface area contributed by atoms with Crippen LogP contribution in [-0.4, -0.2) is 34.9 Å². The summed E-state index contributed by atoms with van der Waals surface area (Å²) >= 11 is 0. The Morgan fingerprint density at radius 1 is 0.354 bits per heavy atom. The summed E-state index contributed by atoms with van der Waals surface area (Å²) in [5, 5.41) is 23.1. The molecule has 3 N–H and O–H groups in total. The molecular weight excluding hydrogens is 795 g/mol. The molecule has 1 amide bonds. The predicted octanol–water partition coefficient (Wildman–Crippen LogP) is 19.6. The van der Waals surface area contributed by atoms with Crippen molar-refractivity contribution in [3.8, 4) is 0 Å². The lowest BCUT2D eigenvalue weighted by atomic mass is 10.0. The van der Waals surface area contributed by atoms with Crippen molar-refractivity contribution in [3.63, 3.8) is 0 Å². The van der Waals surface area contributed by atoms with Gasteiger partial charge in [0.2, 0.25) is 5.91 Å². The van der Waals surface area contributed by atoms with E-state index in [1.54, 1.807) is 6.08 Å². The molecule has 0 heterocycles. The van der Waals surface area contributed by atoms with Crippen molar-refractivity contribution in [2.75, 3.05) is 6.61 Å². The second kappa shape index (κ2) is 56.9. The largest absolute Gasteiger partial charge is 0.394 e. The van der Waals surface area contributed by atoms with Crippen LogP contribution in [0.3, 0.4) is 0 Å². The topological polar surface area (TPSA) is 69.6 Å². The molecule has 4 nitrogen and oxygen atoms in total. The molecule has 0 aliphatic carbocycles. The van der Waals surface area contributed by atoms with Crippen LogP contribution in [0.2, 0.25) is 0 Å². The minimum Gasteiger partial charge on any atom is -0.394 e. The highest BCUT2D eigenvalue weighted by Crippen LogP contribution is 2.18. The van der Waals surface area contributed by atoms with Crippen LogP contribution >= 0.6 is 0 Å². The van der Waals surface area contributed by atoms with E-state index in [1.807, 2.05) is 6.08 Å². The zero-order valence-corrected chi connectivity index (χ0v) is 44.3. The van der Waals surface area contributed by atoms with Gasteiger partial charge in [-0.15, -0.1) is 0 Å². The van der Waals surface area contributed by atoms with E-state index in [1.165, 1.54) is 270 Å². The van der Waals surface area contributed by atoms with Gasteiger partial charge in [-0.25, -0.2) is 0 Å². The van der Waals surface area contributed by atoms with E-state index < -0.39 is 12.1 Å². The number of aliphatic hydroxyl groups excluding tert-OH is 2. The molecule has 0 aliphatic rings. The van der Waals surface area contributed by atoms with Crippen molar-refractivity contribution in [1.29, 1.82) is 0 Å². The molecule has 0 saturated carbocycles. The lowest BCUT2D eigenvalue weighted by Gasteiger charge is -2.19. The number of allylic oxidation sites excluding steroid dienone is 5. The Kier molecular flexibility index (Phi) is 55.7. The number of unbranched alkanes of at least 4 members (excludes halogenated alkanes) is 44. The maximum absolute atomic E-state index is 12.4. The lowest BCUT2D eigenvalue weighted by molar-refractivity contribution is -0.123. The Hall–Kier alpha value is -1.39. The summed E-state index contributed by atoms with van der Waals surface area (Å²) < 4.78 is 0. The maximum Gasteiger partial charge on any atom is 0.220 e. The van der Waals surface area contributed by atoms with Crippen LogP contribution < -0.4 is 5.32 Å². The molecule has 0 fully saturated rings. The molecule has 2 unspecified atom stereocenters. The standard InChI is InChI=1S/C61H117NO3/c1-3-5-7-9-11-13-15-17-19-20-21-22-23-24-25-26-27-28-29-30-31-32-33-34-35-36-37-38-39-40-41-43-45-47-49-51-53-55-57-61(65)62-59(58-63)60(64)56-54-52-50-48-46-44-42-18-16-14-12-10-8-6-4-2/h16,18,46,48,54,56,59-60,63-64H,3-15,17,19-45,47,49-53,55,57-58H2,1-2H3,(H,62,65)/b18-16+,48-46+,56-54+. The molecular formula is C61H117NO3. The molecule has 0 spiro atoms. The Morgan fingerprint density at radius 2 is 0.600 bits per heavy atom. The van der Waals surface area contributed by atoms with Crippen molar-refractivity contribution in [3.05, 3.63) is 36.5 Å². The molecule has 0 aromatic rings. The summed E-state index contributed by atoms with van der Waals surface area (Å²) in [7, 11) is 0. The van der Waals surface area contributed by atoms with Gasteiger partial charge in [-0.05, 0) is 44.9 Å². The number of carbonyl (C=O) groups excluding carboxylic acids is 1. The molecule has 0 radical (unpaired) electrons. The minimum absolute atomic E-state index is 0.0728. The normalized spacial score (nSPS) is 13.0. The highest BCUT2D eigenvalue weighted by atomic mass is 16.3. The fraction of sp³-hybridized carbons (Fsp3) is 0.885. The average molecular weight is 913 g/mol. The Morgan fingerprint density at radius 3 is 0.892 bits per heavy atom. The van der Waals surface area contributed by atoms with Gasteiger partial charge >= 0.3 is 0 Å². The number of rotatable bonds is 55. The Bertz CT molecular complexity index is 989. The molecule has 0 rings (SSSR count). The molecule has 0 saturated heterocycles. The van der Waals surface area contributed by atoms with Gasteiger partial charge in [0.25, 0.3) is 0 Å². The molecule has 0 aromatic carbocycles. The first kappa shape index (κ1) is 63.6. The van der Waals surface area contributed by atoms with Gasteiger partial charge < -0.3 is 15.5 Å². The van der Waals surface area contributed by atoms with Crippen LogP contribution in [0.15, 0.2) is 36.5 Å². The second-order valence-corrected chi connectivity index (χ2v) is 20.4. The third kappa shape index (κ3) is 53.4. The van der Waals surface area contributed by atoms with Crippen LogP contribution in [0.4, 0.5) is 0 Å². The summed E-state index contributed by atoms with van der Waals surface area (Å²) in [5.74, 6) is -0.0728. The molecule has 0 aliphatic heterocycles. The van der Waals surface area contributed by atoms with Crippen LogP contribution in [0.5, 0.6) is 0 Å². The van der Waals surface area contributed by atoms with Gasteiger partial charge in [-0.2, -0.15) is 0 Å². The fourth-order valence-corrected chi connectivity index (χ4v) is 9.33. The average Bonchev–Trinajstić information content (AvgIpc) is 3.31. The van der Waals surface area contributed by atoms with E-state index in [0.29, 0.717) is 6.42 Å². The number of hydrogen-bond donors (Lipinski definition) is 3. The second-order valence-electron chi connectivity index (χ2n) is 20.4. The zero-order chi connectivity index (χ0) is 47.0. The van der Waals surface area contributed by atoms with Crippen molar-refractivity contribution >= 4 is 5.91 Å². The molecule has 384 valence electrons. The Balaban J connectivity index is 3.39. The summed E-state index contributed by atoms with van der Waals surface area (Å²) in [4.78, 5) is 12.4. The van der Waals surface area contributed by atoms with E-state index in [9.17, 15) is 15.0 Å². The summed E-state index contributed by atoms with van der Waals surface area (Å²) in [6.45, 7) is 4.30. The van der Waals surface area contributed by atoms with E-state index in [4.69, 9.17) is 0 Å². The molecule has 0 aromatic heterocycles.